The molecular weight excluding hydrogens is 402 g/mol. The lowest BCUT2D eigenvalue weighted by Crippen LogP contribution is -2.48. The summed E-state index contributed by atoms with van der Waals surface area (Å²) in [6.45, 7) is 4.77. The lowest BCUT2D eigenvalue weighted by Gasteiger charge is -2.36. The number of hydrogen-bond acceptors (Lipinski definition) is 4. The van der Waals surface area contributed by atoms with Crippen molar-refractivity contribution in [3.05, 3.63) is 95.1 Å². The number of imide groups is 1. The van der Waals surface area contributed by atoms with Gasteiger partial charge in [0.15, 0.2) is 0 Å². The van der Waals surface area contributed by atoms with Crippen LogP contribution in [0.5, 0.6) is 0 Å². The quantitative estimate of drug-likeness (QED) is 0.600. The summed E-state index contributed by atoms with van der Waals surface area (Å²) >= 11 is 0. The number of amides is 3. The summed E-state index contributed by atoms with van der Waals surface area (Å²) in [7, 11) is 0. The fraction of sp³-hybridized carbons (Fsp3) is 0.192. The lowest BCUT2D eigenvalue weighted by molar-refractivity contribution is 0.0746. The molecule has 0 N–H and O–H groups in total. The van der Waals surface area contributed by atoms with E-state index in [9.17, 15) is 14.4 Å². The molecule has 5 rings (SSSR count). The summed E-state index contributed by atoms with van der Waals surface area (Å²) in [5, 5.41) is 0. The van der Waals surface area contributed by atoms with Crippen LogP contribution in [0.2, 0.25) is 0 Å². The molecule has 1 fully saturated rings. The zero-order valence-electron chi connectivity index (χ0n) is 17.8. The zero-order valence-corrected chi connectivity index (χ0v) is 17.8. The molecule has 0 saturated carbocycles. The highest BCUT2D eigenvalue weighted by molar-refractivity contribution is 6.34. The highest BCUT2D eigenvalue weighted by Gasteiger charge is 2.37. The fourth-order valence-electron chi connectivity index (χ4n) is 4.29. The third kappa shape index (κ3) is 3.43. The Morgan fingerprint density at radius 3 is 2.06 bits per heavy atom. The normalized spacial score (nSPS) is 15.8. The second-order valence-electron chi connectivity index (χ2n) is 8.16. The molecule has 6 nitrogen and oxygen atoms in total. The molecular formula is C26H23N3O3. The molecule has 3 amide bonds. The molecule has 3 aromatic carbocycles. The summed E-state index contributed by atoms with van der Waals surface area (Å²) in [6.07, 6.45) is 0. The summed E-state index contributed by atoms with van der Waals surface area (Å²) in [6, 6.07) is 22.0. The maximum absolute atomic E-state index is 13.1. The molecule has 3 aromatic rings. The number of fused-ring (bicyclic) bond motifs is 1. The van der Waals surface area contributed by atoms with Crippen molar-refractivity contribution in [3.8, 4) is 0 Å². The Labute approximate surface area is 186 Å². The van der Waals surface area contributed by atoms with Crippen molar-refractivity contribution in [1.82, 2.24) is 4.90 Å². The molecule has 0 bridgehead atoms. The van der Waals surface area contributed by atoms with Gasteiger partial charge >= 0.3 is 0 Å². The molecule has 0 aliphatic carbocycles. The van der Waals surface area contributed by atoms with Crippen molar-refractivity contribution < 1.29 is 14.4 Å². The van der Waals surface area contributed by atoms with Gasteiger partial charge in [0.25, 0.3) is 17.7 Å². The Morgan fingerprint density at radius 1 is 0.719 bits per heavy atom. The second-order valence-corrected chi connectivity index (χ2v) is 8.16. The summed E-state index contributed by atoms with van der Waals surface area (Å²) in [4.78, 5) is 44.1. The first-order chi connectivity index (χ1) is 15.5. The Hall–Kier alpha value is -3.93. The average Bonchev–Trinajstić information content (AvgIpc) is 3.09. The molecule has 0 spiro atoms. The van der Waals surface area contributed by atoms with Crippen LogP contribution in [0.25, 0.3) is 0 Å². The van der Waals surface area contributed by atoms with Crippen LogP contribution in [0.1, 0.15) is 36.6 Å². The van der Waals surface area contributed by atoms with E-state index in [1.807, 2.05) is 11.0 Å². The molecule has 6 heteroatoms. The van der Waals surface area contributed by atoms with E-state index in [4.69, 9.17) is 0 Å². The number of para-hydroxylation sites is 1. The minimum Gasteiger partial charge on any atom is -0.368 e. The Morgan fingerprint density at radius 2 is 1.38 bits per heavy atom. The van der Waals surface area contributed by atoms with Gasteiger partial charge in [0.05, 0.1) is 16.8 Å². The highest BCUT2D eigenvalue weighted by Crippen LogP contribution is 2.29. The standard InChI is InChI=1S/C26H23N3O3/c1-18-7-10-20(11-8-18)27-13-15-28(16-14-27)24(30)19-9-12-22-23(17-19)26(32)29(25(22)31)21-5-3-2-4-6-21/h2-12,17H,13-16H2,1H3. The van der Waals surface area contributed by atoms with Gasteiger partial charge in [-0.2, -0.15) is 0 Å². The number of benzene rings is 3. The number of carbonyl (C=O) groups excluding carboxylic acids is 3. The first-order valence-electron chi connectivity index (χ1n) is 10.7. The second kappa shape index (κ2) is 7.96. The van der Waals surface area contributed by atoms with Crippen LogP contribution in [0.3, 0.4) is 0 Å². The number of carbonyl (C=O) groups is 3. The first-order valence-corrected chi connectivity index (χ1v) is 10.7. The fourth-order valence-corrected chi connectivity index (χ4v) is 4.29. The van der Waals surface area contributed by atoms with E-state index < -0.39 is 5.91 Å². The predicted molar refractivity (Wildman–Crippen MR) is 123 cm³/mol. The molecule has 1 saturated heterocycles. The number of nitrogens with zero attached hydrogens (tertiary/aromatic N) is 3. The molecule has 32 heavy (non-hydrogen) atoms. The maximum Gasteiger partial charge on any atom is 0.266 e. The topological polar surface area (TPSA) is 60.9 Å². The summed E-state index contributed by atoms with van der Waals surface area (Å²) < 4.78 is 0. The number of rotatable bonds is 3. The number of aryl methyl sites for hydroxylation is 1. The third-order valence-electron chi connectivity index (χ3n) is 6.11. The van der Waals surface area contributed by atoms with Gasteiger partial charge in [0.2, 0.25) is 0 Å². The van der Waals surface area contributed by atoms with Gasteiger partial charge in [-0.15, -0.1) is 0 Å². The van der Waals surface area contributed by atoms with Crippen molar-refractivity contribution in [3.63, 3.8) is 0 Å². The minimum atomic E-state index is -0.393. The SMILES string of the molecule is Cc1ccc(N2CCN(C(=O)c3ccc4c(c3)C(=O)N(c3ccccc3)C4=O)CC2)cc1. The van der Waals surface area contributed by atoms with E-state index in [2.05, 4.69) is 36.1 Å². The van der Waals surface area contributed by atoms with Crippen molar-refractivity contribution in [2.75, 3.05) is 36.0 Å². The summed E-state index contributed by atoms with van der Waals surface area (Å²) in [5.74, 6) is -0.869. The Kier molecular flexibility index (Phi) is 4.98. The van der Waals surface area contributed by atoms with Crippen molar-refractivity contribution >= 4 is 29.1 Å². The molecule has 2 heterocycles. The van der Waals surface area contributed by atoms with E-state index in [0.717, 1.165) is 18.8 Å². The largest absolute Gasteiger partial charge is 0.368 e. The molecule has 0 atom stereocenters. The van der Waals surface area contributed by atoms with Crippen molar-refractivity contribution in [2.24, 2.45) is 0 Å². The lowest BCUT2D eigenvalue weighted by atomic mass is 10.0. The van der Waals surface area contributed by atoms with Crippen LogP contribution in [0.15, 0.2) is 72.8 Å². The van der Waals surface area contributed by atoms with Crippen LogP contribution >= 0.6 is 0 Å². The smallest absolute Gasteiger partial charge is 0.266 e. The Bertz CT molecular complexity index is 1200. The molecule has 0 unspecified atom stereocenters. The van der Waals surface area contributed by atoms with Crippen LogP contribution in [0.4, 0.5) is 11.4 Å². The van der Waals surface area contributed by atoms with Crippen LogP contribution < -0.4 is 9.80 Å². The van der Waals surface area contributed by atoms with Gasteiger partial charge in [0.1, 0.15) is 0 Å². The molecule has 2 aliphatic rings. The predicted octanol–water partition coefficient (Wildman–Crippen LogP) is 3.76. The van der Waals surface area contributed by atoms with Gasteiger partial charge in [-0.1, -0.05) is 35.9 Å². The van der Waals surface area contributed by atoms with Crippen LogP contribution in [-0.2, 0) is 0 Å². The molecule has 0 radical (unpaired) electrons. The van der Waals surface area contributed by atoms with E-state index in [0.29, 0.717) is 29.9 Å². The van der Waals surface area contributed by atoms with Crippen molar-refractivity contribution in [1.29, 1.82) is 0 Å². The first kappa shape index (κ1) is 20.0. The minimum absolute atomic E-state index is 0.116. The van der Waals surface area contributed by atoms with Gasteiger partial charge < -0.3 is 9.80 Å². The van der Waals surface area contributed by atoms with Gasteiger partial charge in [-0.25, -0.2) is 4.90 Å². The zero-order chi connectivity index (χ0) is 22.2. The third-order valence-corrected chi connectivity index (χ3v) is 6.11. The van der Waals surface area contributed by atoms with E-state index >= 15 is 0 Å². The van der Waals surface area contributed by atoms with Gasteiger partial charge in [0, 0.05) is 37.4 Å². The van der Waals surface area contributed by atoms with E-state index in [1.54, 1.807) is 42.5 Å². The molecule has 0 aromatic heterocycles. The van der Waals surface area contributed by atoms with E-state index in [-0.39, 0.29) is 17.4 Å². The highest BCUT2D eigenvalue weighted by atomic mass is 16.2. The molecule has 160 valence electrons. The summed E-state index contributed by atoms with van der Waals surface area (Å²) in [5.41, 5.74) is 3.95. The molecule has 2 aliphatic heterocycles. The van der Waals surface area contributed by atoms with E-state index in [1.165, 1.54) is 10.5 Å². The maximum atomic E-state index is 13.1. The van der Waals surface area contributed by atoms with Crippen molar-refractivity contribution in [2.45, 2.75) is 6.92 Å². The monoisotopic (exact) mass is 425 g/mol. The average molecular weight is 425 g/mol. The van der Waals surface area contributed by atoms with Gasteiger partial charge in [-0.3, -0.25) is 14.4 Å². The Balaban J connectivity index is 1.32. The number of piperazine rings is 1. The number of anilines is 2. The van der Waals surface area contributed by atoms with Gasteiger partial charge in [-0.05, 0) is 49.4 Å². The van der Waals surface area contributed by atoms with Crippen LogP contribution in [0, 0.1) is 6.92 Å². The van der Waals surface area contributed by atoms with Crippen LogP contribution in [-0.4, -0.2) is 48.8 Å². The number of hydrogen-bond donors (Lipinski definition) is 0.